The molecule has 1 saturated carbocycles. The number of hydrogen-bond acceptors (Lipinski definition) is 1. The Morgan fingerprint density at radius 3 is 2.77 bits per heavy atom. The molecule has 1 N–H and O–H groups in total. The third-order valence-corrected chi connectivity index (χ3v) is 2.85. The minimum Gasteiger partial charge on any atom is -0.393 e. The molecule has 1 aliphatic rings. The molecule has 0 amide bonds. The molecule has 1 heteroatoms. The minimum absolute atomic E-state index is 0.0362. The van der Waals surface area contributed by atoms with Crippen molar-refractivity contribution in [1.29, 1.82) is 0 Å². The van der Waals surface area contributed by atoms with E-state index in [1.165, 1.54) is 19.3 Å². The van der Waals surface area contributed by atoms with Crippen molar-refractivity contribution in [3.63, 3.8) is 0 Å². The first-order valence-corrected chi connectivity index (χ1v) is 5.30. The van der Waals surface area contributed by atoms with Gasteiger partial charge in [0.1, 0.15) is 0 Å². The average Bonchev–Trinajstić information content (AvgIpc) is 2.15. The van der Waals surface area contributed by atoms with Crippen molar-refractivity contribution < 1.29 is 5.11 Å². The van der Waals surface area contributed by atoms with E-state index in [0.29, 0.717) is 5.92 Å². The second kappa shape index (κ2) is 5.98. The van der Waals surface area contributed by atoms with Gasteiger partial charge >= 0.3 is 0 Å². The maximum Gasteiger partial charge on any atom is 0.0568 e. The first-order valence-electron chi connectivity index (χ1n) is 5.30. The summed E-state index contributed by atoms with van der Waals surface area (Å²) in [6.07, 6.45) is 12.8. The molecule has 2 atom stereocenters. The first-order chi connectivity index (χ1) is 6.34. The molecule has 0 aromatic rings. The van der Waals surface area contributed by atoms with Gasteiger partial charge in [0, 0.05) is 0 Å². The predicted molar refractivity (Wildman–Crippen MR) is 56.5 cm³/mol. The fourth-order valence-corrected chi connectivity index (χ4v) is 2.03. The largest absolute Gasteiger partial charge is 0.393 e. The topological polar surface area (TPSA) is 20.2 Å². The summed E-state index contributed by atoms with van der Waals surface area (Å²) in [5.74, 6) is 0.545. The van der Waals surface area contributed by atoms with Crippen molar-refractivity contribution in [1.82, 2.24) is 0 Å². The highest BCUT2D eigenvalue weighted by Gasteiger charge is 2.21. The molecule has 0 aromatic carbocycles. The van der Waals surface area contributed by atoms with Crippen LogP contribution in [-0.4, -0.2) is 11.2 Å². The average molecular weight is 180 g/mol. The van der Waals surface area contributed by atoms with Crippen LogP contribution in [0.4, 0.5) is 0 Å². The number of hydrogen-bond donors (Lipinski definition) is 1. The van der Waals surface area contributed by atoms with Crippen molar-refractivity contribution >= 4 is 0 Å². The molecule has 1 aliphatic carbocycles. The van der Waals surface area contributed by atoms with E-state index in [9.17, 15) is 5.11 Å². The van der Waals surface area contributed by atoms with Crippen molar-refractivity contribution in [2.24, 2.45) is 5.92 Å². The SMILES string of the molecule is C=C/C=C/CCC1CCCCC1O. The van der Waals surface area contributed by atoms with Crippen LogP contribution < -0.4 is 0 Å². The maximum absolute atomic E-state index is 9.68. The van der Waals surface area contributed by atoms with Crippen LogP contribution in [0.25, 0.3) is 0 Å². The summed E-state index contributed by atoms with van der Waals surface area (Å²) in [4.78, 5) is 0. The second-order valence-corrected chi connectivity index (χ2v) is 3.85. The molecule has 74 valence electrons. The van der Waals surface area contributed by atoms with Gasteiger partial charge in [0.2, 0.25) is 0 Å². The van der Waals surface area contributed by atoms with Crippen LogP contribution in [0, 0.1) is 5.92 Å². The lowest BCUT2D eigenvalue weighted by Crippen LogP contribution is -2.24. The van der Waals surface area contributed by atoms with Crippen LogP contribution >= 0.6 is 0 Å². The molecule has 13 heavy (non-hydrogen) atoms. The molecular weight excluding hydrogens is 160 g/mol. The maximum atomic E-state index is 9.68. The number of aliphatic hydroxyl groups excluding tert-OH is 1. The zero-order valence-corrected chi connectivity index (χ0v) is 8.28. The van der Waals surface area contributed by atoms with E-state index in [-0.39, 0.29) is 6.10 Å². The van der Waals surface area contributed by atoms with Gasteiger partial charge in [-0.25, -0.2) is 0 Å². The van der Waals surface area contributed by atoms with Crippen molar-refractivity contribution in [2.75, 3.05) is 0 Å². The van der Waals surface area contributed by atoms with Crippen LogP contribution in [0.15, 0.2) is 24.8 Å². The molecule has 0 radical (unpaired) electrons. The molecule has 0 aliphatic heterocycles. The summed E-state index contributed by atoms with van der Waals surface area (Å²) in [5.41, 5.74) is 0. The zero-order valence-electron chi connectivity index (χ0n) is 8.28. The minimum atomic E-state index is -0.0362. The summed E-state index contributed by atoms with van der Waals surface area (Å²) in [6.45, 7) is 3.62. The van der Waals surface area contributed by atoms with E-state index in [4.69, 9.17) is 0 Å². The first kappa shape index (κ1) is 10.5. The molecule has 0 bridgehead atoms. The van der Waals surface area contributed by atoms with Gasteiger partial charge in [0.15, 0.2) is 0 Å². The van der Waals surface area contributed by atoms with E-state index in [1.54, 1.807) is 6.08 Å². The summed E-state index contributed by atoms with van der Waals surface area (Å²) in [7, 11) is 0. The van der Waals surface area contributed by atoms with E-state index in [0.717, 1.165) is 19.3 Å². The Morgan fingerprint density at radius 2 is 2.08 bits per heavy atom. The molecule has 1 fully saturated rings. The molecule has 1 rings (SSSR count). The zero-order chi connectivity index (χ0) is 9.52. The molecular formula is C12H20O. The van der Waals surface area contributed by atoms with Crippen LogP contribution in [0.5, 0.6) is 0 Å². The third kappa shape index (κ3) is 3.77. The van der Waals surface area contributed by atoms with Crippen LogP contribution in [0.3, 0.4) is 0 Å². The van der Waals surface area contributed by atoms with Gasteiger partial charge in [0.05, 0.1) is 6.10 Å². The van der Waals surface area contributed by atoms with Gasteiger partial charge < -0.3 is 5.11 Å². The van der Waals surface area contributed by atoms with Crippen molar-refractivity contribution in [3.8, 4) is 0 Å². The Hall–Kier alpha value is -0.560. The Bertz CT molecular complexity index is 172. The Balaban J connectivity index is 2.18. The van der Waals surface area contributed by atoms with Gasteiger partial charge in [-0.2, -0.15) is 0 Å². The van der Waals surface area contributed by atoms with Crippen LogP contribution in [-0.2, 0) is 0 Å². The van der Waals surface area contributed by atoms with Crippen LogP contribution in [0.1, 0.15) is 38.5 Å². The van der Waals surface area contributed by atoms with Gasteiger partial charge in [-0.15, -0.1) is 0 Å². The number of rotatable bonds is 4. The lowest BCUT2D eigenvalue weighted by atomic mass is 9.83. The lowest BCUT2D eigenvalue weighted by Gasteiger charge is -2.27. The van der Waals surface area contributed by atoms with Gasteiger partial charge in [-0.3, -0.25) is 0 Å². The molecule has 1 nitrogen and oxygen atoms in total. The molecule has 0 aromatic heterocycles. The second-order valence-electron chi connectivity index (χ2n) is 3.85. The Morgan fingerprint density at radius 1 is 1.31 bits per heavy atom. The Kier molecular flexibility index (Phi) is 4.84. The van der Waals surface area contributed by atoms with Gasteiger partial charge in [-0.05, 0) is 31.6 Å². The highest BCUT2D eigenvalue weighted by atomic mass is 16.3. The summed E-state index contributed by atoms with van der Waals surface area (Å²) in [5, 5.41) is 9.68. The third-order valence-electron chi connectivity index (χ3n) is 2.85. The Labute approximate surface area is 81.2 Å². The monoisotopic (exact) mass is 180 g/mol. The molecule has 0 heterocycles. The molecule has 0 saturated heterocycles. The number of allylic oxidation sites excluding steroid dienone is 3. The van der Waals surface area contributed by atoms with Gasteiger partial charge in [0.25, 0.3) is 0 Å². The highest BCUT2D eigenvalue weighted by molar-refractivity contribution is 4.97. The fourth-order valence-electron chi connectivity index (χ4n) is 2.03. The van der Waals surface area contributed by atoms with Gasteiger partial charge in [-0.1, -0.05) is 37.6 Å². The fraction of sp³-hybridized carbons (Fsp3) is 0.667. The van der Waals surface area contributed by atoms with Crippen molar-refractivity contribution in [3.05, 3.63) is 24.8 Å². The smallest absolute Gasteiger partial charge is 0.0568 e. The van der Waals surface area contributed by atoms with Crippen LogP contribution in [0.2, 0.25) is 0 Å². The summed E-state index contributed by atoms with van der Waals surface area (Å²) < 4.78 is 0. The molecule has 2 unspecified atom stereocenters. The van der Waals surface area contributed by atoms with E-state index in [2.05, 4.69) is 12.7 Å². The predicted octanol–water partition coefficient (Wildman–Crippen LogP) is 3.06. The summed E-state index contributed by atoms with van der Waals surface area (Å²) in [6, 6.07) is 0. The number of aliphatic hydroxyl groups is 1. The summed E-state index contributed by atoms with van der Waals surface area (Å²) >= 11 is 0. The highest BCUT2D eigenvalue weighted by Crippen LogP contribution is 2.27. The van der Waals surface area contributed by atoms with Crippen molar-refractivity contribution in [2.45, 2.75) is 44.6 Å². The normalized spacial score (nSPS) is 29.3. The molecule has 0 spiro atoms. The van der Waals surface area contributed by atoms with E-state index < -0.39 is 0 Å². The quantitative estimate of drug-likeness (QED) is 0.659. The standard InChI is InChI=1S/C12H20O/c1-2-3-4-5-8-11-9-6-7-10-12(11)13/h2-4,11-13H,1,5-10H2/b4-3+. The lowest BCUT2D eigenvalue weighted by molar-refractivity contribution is 0.0659. The van der Waals surface area contributed by atoms with E-state index in [1.807, 2.05) is 6.08 Å². The van der Waals surface area contributed by atoms with E-state index >= 15 is 0 Å².